The number of hydrogen-bond acceptors (Lipinski definition) is 9. The quantitative estimate of drug-likeness (QED) is 0.191. The molecule has 1 aromatic heterocycles. The summed E-state index contributed by atoms with van der Waals surface area (Å²) in [7, 11) is 1.19. The van der Waals surface area contributed by atoms with E-state index in [1.165, 1.54) is 37.8 Å². The number of hydrogen-bond donors (Lipinski definition) is 1. The number of para-hydroxylation sites is 1. The highest BCUT2D eigenvalue weighted by molar-refractivity contribution is 6.00. The van der Waals surface area contributed by atoms with Crippen molar-refractivity contribution in [3.63, 3.8) is 0 Å². The van der Waals surface area contributed by atoms with E-state index < -0.39 is 10.9 Å². The summed E-state index contributed by atoms with van der Waals surface area (Å²) in [6.45, 7) is 2.02. The maximum absolute atomic E-state index is 13.1. The van der Waals surface area contributed by atoms with Gasteiger partial charge in [-0.25, -0.2) is 14.8 Å². The number of nitrogens with zero attached hydrogens (tertiary/aromatic N) is 4. The highest BCUT2D eigenvalue weighted by Crippen LogP contribution is 2.31. The van der Waals surface area contributed by atoms with Gasteiger partial charge >= 0.3 is 5.97 Å². The minimum Gasteiger partial charge on any atom is -0.465 e. The maximum atomic E-state index is 13.1. The Morgan fingerprint density at radius 1 is 1.23 bits per heavy atom. The molecule has 0 spiro atoms. The Morgan fingerprint density at radius 3 is 2.71 bits per heavy atom. The fraction of sp³-hybridized carbons (Fsp3) is 0.240. The average Bonchev–Trinajstić information content (AvgIpc) is 2.89. The summed E-state index contributed by atoms with van der Waals surface area (Å²) in [5.74, 6) is -0.824. The molecule has 3 rings (SSSR count). The van der Waals surface area contributed by atoms with Crippen LogP contribution in [0, 0.1) is 21.4 Å². The van der Waals surface area contributed by atoms with Crippen LogP contribution in [0.1, 0.15) is 58.2 Å². The van der Waals surface area contributed by atoms with Gasteiger partial charge in [0.2, 0.25) is 0 Å². The van der Waals surface area contributed by atoms with E-state index in [0.29, 0.717) is 35.1 Å². The van der Waals surface area contributed by atoms with Gasteiger partial charge in [-0.1, -0.05) is 31.5 Å². The summed E-state index contributed by atoms with van der Waals surface area (Å²) in [5.41, 5.74) is 2.00. The molecule has 0 fully saturated rings. The van der Waals surface area contributed by atoms with Gasteiger partial charge in [0.1, 0.15) is 18.1 Å². The monoisotopic (exact) mass is 473 g/mol. The lowest BCUT2D eigenvalue weighted by molar-refractivity contribution is -0.384. The van der Waals surface area contributed by atoms with Crippen LogP contribution in [-0.4, -0.2) is 33.8 Å². The second-order valence-corrected chi connectivity index (χ2v) is 7.60. The number of Topliss-reactive ketones (excluding diaryl/α,β-unsaturated/α-hetero) is 1. The van der Waals surface area contributed by atoms with Gasteiger partial charge in [0.15, 0.2) is 11.5 Å². The van der Waals surface area contributed by atoms with E-state index in [9.17, 15) is 25.0 Å². The third-order valence-electron chi connectivity index (χ3n) is 5.40. The molecule has 35 heavy (non-hydrogen) atoms. The molecule has 0 amide bonds. The summed E-state index contributed by atoms with van der Waals surface area (Å²) < 4.78 is 4.76. The molecule has 2 aromatic carbocycles. The van der Waals surface area contributed by atoms with E-state index in [-0.39, 0.29) is 35.0 Å². The van der Waals surface area contributed by atoms with Crippen molar-refractivity contribution in [1.82, 2.24) is 9.97 Å². The van der Waals surface area contributed by atoms with Crippen LogP contribution in [0.5, 0.6) is 0 Å². The first kappa shape index (κ1) is 25.0. The number of nitro groups is 1. The SMILES string of the molecule is CCCCC(=O)c1cc(-c2cncnc2C#N)ccc1CNc1c(C(=O)OC)cccc1[N+](=O)[O-]. The molecule has 0 radical (unpaired) electrons. The Morgan fingerprint density at radius 2 is 2.03 bits per heavy atom. The number of methoxy groups -OCH3 is 1. The smallest absolute Gasteiger partial charge is 0.340 e. The molecular weight excluding hydrogens is 450 g/mol. The van der Waals surface area contributed by atoms with E-state index in [1.807, 2.05) is 13.0 Å². The number of benzene rings is 2. The largest absolute Gasteiger partial charge is 0.465 e. The summed E-state index contributed by atoms with van der Waals surface area (Å²) >= 11 is 0. The first-order valence-corrected chi connectivity index (χ1v) is 10.9. The van der Waals surface area contributed by atoms with Crippen molar-refractivity contribution in [3.05, 3.63) is 81.4 Å². The Kier molecular flexibility index (Phi) is 8.19. The summed E-state index contributed by atoms with van der Waals surface area (Å²) in [6.07, 6.45) is 4.64. The molecular formula is C25H23N5O5. The van der Waals surface area contributed by atoms with E-state index in [4.69, 9.17) is 4.74 Å². The van der Waals surface area contributed by atoms with E-state index in [2.05, 4.69) is 15.3 Å². The van der Waals surface area contributed by atoms with Crippen LogP contribution in [0.4, 0.5) is 11.4 Å². The van der Waals surface area contributed by atoms with Gasteiger partial charge in [0.25, 0.3) is 5.69 Å². The number of carbonyl (C=O) groups is 2. The standard InChI is InChI=1S/C25H23N5O5/c1-3-4-8-23(31)19-11-16(20-14-27-15-29-21(20)12-26)9-10-17(19)13-28-24-18(25(32)35-2)6-5-7-22(24)30(33)34/h5-7,9-11,14-15,28H,3-4,8,13H2,1-2H3. The number of esters is 1. The van der Waals surface area contributed by atoms with Crippen LogP contribution in [0.2, 0.25) is 0 Å². The van der Waals surface area contributed by atoms with Crippen molar-refractivity contribution in [3.8, 4) is 17.2 Å². The Bertz CT molecular complexity index is 1320. The highest BCUT2D eigenvalue weighted by atomic mass is 16.6. The minimum atomic E-state index is -0.723. The number of unbranched alkanes of at least 4 members (excludes halogenated alkanes) is 1. The van der Waals surface area contributed by atoms with Crippen LogP contribution in [-0.2, 0) is 11.3 Å². The van der Waals surface area contributed by atoms with Gasteiger partial charge in [-0.3, -0.25) is 14.9 Å². The van der Waals surface area contributed by atoms with E-state index in [0.717, 1.165) is 6.42 Å². The molecule has 0 aliphatic carbocycles. The zero-order valence-corrected chi connectivity index (χ0v) is 19.3. The van der Waals surface area contributed by atoms with E-state index in [1.54, 1.807) is 18.2 Å². The molecule has 0 aliphatic heterocycles. The molecule has 0 aliphatic rings. The lowest BCUT2D eigenvalue weighted by atomic mass is 9.94. The summed E-state index contributed by atoms with van der Waals surface area (Å²) in [6, 6.07) is 11.2. The molecule has 0 bridgehead atoms. The number of nitrogens with one attached hydrogen (secondary N) is 1. The average molecular weight is 473 g/mol. The third kappa shape index (κ3) is 5.65. The molecule has 10 nitrogen and oxygen atoms in total. The van der Waals surface area contributed by atoms with Crippen molar-refractivity contribution < 1.29 is 19.2 Å². The lowest BCUT2D eigenvalue weighted by Crippen LogP contribution is -2.13. The summed E-state index contributed by atoms with van der Waals surface area (Å²) in [5, 5.41) is 23.9. The number of anilines is 1. The number of aromatic nitrogens is 2. The second kappa shape index (κ2) is 11.5. The van der Waals surface area contributed by atoms with Crippen LogP contribution in [0.25, 0.3) is 11.1 Å². The summed E-state index contributed by atoms with van der Waals surface area (Å²) in [4.78, 5) is 44.2. The van der Waals surface area contributed by atoms with Crippen molar-refractivity contribution in [2.45, 2.75) is 32.7 Å². The van der Waals surface area contributed by atoms with Crippen LogP contribution >= 0.6 is 0 Å². The maximum Gasteiger partial charge on any atom is 0.340 e. The number of ether oxygens (including phenoxy) is 1. The topological polar surface area (TPSA) is 148 Å². The minimum absolute atomic E-state index is 0.00334. The normalized spacial score (nSPS) is 10.3. The van der Waals surface area contributed by atoms with Crippen molar-refractivity contribution in [2.75, 3.05) is 12.4 Å². The lowest BCUT2D eigenvalue weighted by Gasteiger charge is -2.15. The first-order valence-electron chi connectivity index (χ1n) is 10.9. The van der Waals surface area contributed by atoms with Gasteiger partial charge in [0.05, 0.1) is 17.6 Å². The predicted molar refractivity (Wildman–Crippen MR) is 128 cm³/mol. The van der Waals surface area contributed by atoms with Gasteiger partial charge in [-0.2, -0.15) is 5.26 Å². The third-order valence-corrected chi connectivity index (χ3v) is 5.40. The molecule has 0 atom stereocenters. The Hall–Kier alpha value is -4.65. The van der Waals surface area contributed by atoms with Crippen LogP contribution < -0.4 is 5.32 Å². The molecule has 1 N–H and O–H groups in total. The Labute approximate surface area is 201 Å². The van der Waals surface area contributed by atoms with Crippen molar-refractivity contribution in [2.24, 2.45) is 0 Å². The Balaban J connectivity index is 2.04. The number of rotatable bonds is 10. The second-order valence-electron chi connectivity index (χ2n) is 7.60. The van der Waals surface area contributed by atoms with Crippen LogP contribution in [0.15, 0.2) is 48.9 Å². The molecule has 3 aromatic rings. The highest BCUT2D eigenvalue weighted by Gasteiger charge is 2.23. The zero-order valence-electron chi connectivity index (χ0n) is 19.3. The van der Waals surface area contributed by atoms with E-state index >= 15 is 0 Å². The number of nitro benzene ring substituents is 1. The van der Waals surface area contributed by atoms with Gasteiger partial charge in [0, 0.05) is 36.4 Å². The number of nitriles is 1. The predicted octanol–water partition coefficient (Wildman–Crippen LogP) is 4.70. The van der Waals surface area contributed by atoms with Gasteiger partial charge < -0.3 is 10.1 Å². The van der Waals surface area contributed by atoms with Crippen molar-refractivity contribution >= 4 is 23.1 Å². The van der Waals surface area contributed by atoms with Crippen LogP contribution in [0.3, 0.4) is 0 Å². The molecule has 178 valence electrons. The fourth-order valence-electron chi connectivity index (χ4n) is 3.60. The molecule has 0 unspecified atom stereocenters. The zero-order chi connectivity index (χ0) is 25.4. The fourth-order valence-corrected chi connectivity index (χ4v) is 3.60. The molecule has 0 saturated heterocycles. The van der Waals surface area contributed by atoms with Gasteiger partial charge in [-0.15, -0.1) is 0 Å². The number of ketones is 1. The van der Waals surface area contributed by atoms with Gasteiger partial charge in [-0.05, 0) is 29.7 Å². The van der Waals surface area contributed by atoms with Crippen molar-refractivity contribution in [1.29, 1.82) is 5.26 Å². The molecule has 10 heteroatoms. The number of carbonyl (C=O) groups excluding carboxylic acids is 2. The first-order chi connectivity index (χ1) is 16.9. The molecule has 0 saturated carbocycles. The molecule has 1 heterocycles.